The first-order chi connectivity index (χ1) is 8.65. The minimum Gasteiger partial charge on any atom is -0.329 e. The Morgan fingerprint density at radius 3 is 2.89 bits per heavy atom. The number of hydrogen-bond donors (Lipinski definition) is 1. The fraction of sp³-hybridized carbons (Fsp3) is 0.786. The highest BCUT2D eigenvalue weighted by atomic mass is 15.3. The van der Waals surface area contributed by atoms with Crippen molar-refractivity contribution in [1.82, 2.24) is 14.7 Å². The van der Waals surface area contributed by atoms with Gasteiger partial charge in [-0.15, -0.1) is 0 Å². The number of nitrogens with two attached hydrogens (primary N) is 1. The van der Waals surface area contributed by atoms with Crippen LogP contribution in [-0.4, -0.2) is 33.8 Å². The predicted molar refractivity (Wildman–Crippen MR) is 74.2 cm³/mol. The molecule has 2 heterocycles. The van der Waals surface area contributed by atoms with Crippen LogP contribution in [0.15, 0.2) is 6.07 Å². The lowest BCUT2D eigenvalue weighted by Gasteiger charge is -2.39. The van der Waals surface area contributed by atoms with Gasteiger partial charge in [0.05, 0.1) is 11.4 Å². The van der Waals surface area contributed by atoms with Crippen LogP contribution in [0.4, 0.5) is 0 Å². The van der Waals surface area contributed by atoms with Crippen molar-refractivity contribution in [3.63, 3.8) is 0 Å². The molecule has 0 radical (unpaired) electrons. The highest BCUT2D eigenvalue weighted by molar-refractivity contribution is 5.10. The predicted octanol–water partition coefficient (Wildman–Crippen LogP) is 1.54. The molecule has 1 aromatic rings. The van der Waals surface area contributed by atoms with E-state index in [1.165, 1.54) is 30.8 Å². The second kappa shape index (κ2) is 5.85. The van der Waals surface area contributed by atoms with E-state index in [-0.39, 0.29) is 0 Å². The van der Waals surface area contributed by atoms with Crippen LogP contribution < -0.4 is 5.73 Å². The molecule has 0 aromatic carbocycles. The van der Waals surface area contributed by atoms with Crippen molar-refractivity contribution in [2.24, 2.45) is 18.7 Å². The molecule has 1 saturated heterocycles. The Bertz CT molecular complexity index is 385. The molecule has 1 aromatic heterocycles. The van der Waals surface area contributed by atoms with Gasteiger partial charge in [0.2, 0.25) is 0 Å². The average Bonchev–Trinajstić information content (AvgIpc) is 2.71. The van der Waals surface area contributed by atoms with Gasteiger partial charge >= 0.3 is 0 Å². The topological polar surface area (TPSA) is 47.1 Å². The molecule has 2 unspecified atom stereocenters. The number of hydrogen-bond acceptors (Lipinski definition) is 3. The summed E-state index contributed by atoms with van der Waals surface area (Å²) in [5, 5.41) is 4.52. The van der Waals surface area contributed by atoms with Gasteiger partial charge in [0, 0.05) is 26.2 Å². The Kier molecular flexibility index (Phi) is 4.40. The van der Waals surface area contributed by atoms with Gasteiger partial charge in [-0.3, -0.25) is 9.58 Å². The summed E-state index contributed by atoms with van der Waals surface area (Å²) in [6.07, 6.45) is 3.60. The van der Waals surface area contributed by atoms with Gasteiger partial charge < -0.3 is 5.73 Å². The van der Waals surface area contributed by atoms with Gasteiger partial charge in [-0.1, -0.05) is 13.8 Å². The summed E-state index contributed by atoms with van der Waals surface area (Å²) < 4.78 is 2.02. The quantitative estimate of drug-likeness (QED) is 0.882. The molecule has 1 fully saturated rings. The molecule has 2 rings (SSSR count). The average molecular weight is 250 g/mol. The molecule has 0 saturated carbocycles. The van der Waals surface area contributed by atoms with Crippen molar-refractivity contribution in [2.45, 2.75) is 45.7 Å². The van der Waals surface area contributed by atoms with Crippen LogP contribution >= 0.6 is 0 Å². The summed E-state index contributed by atoms with van der Waals surface area (Å²) >= 11 is 0. The van der Waals surface area contributed by atoms with E-state index in [4.69, 9.17) is 5.73 Å². The van der Waals surface area contributed by atoms with Gasteiger partial charge in [-0.2, -0.15) is 5.10 Å². The van der Waals surface area contributed by atoms with Gasteiger partial charge in [0.15, 0.2) is 0 Å². The van der Waals surface area contributed by atoms with Crippen LogP contribution in [0.2, 0.25) is 0 Å². The standard InChI is InChI=1S/C14H26N4/c1-4-12-8-13(17(3)16-12)10-18-7-5-6-11(2)14(18)9-15/h8,11,14H,4-7,9-10,15H2,1-3H3. The number of rotatable bonds is 4. The Morgan fingerprint density at radius 2 is 2.28 bits per heavy atom. The fourth-order valence-electron chi connectivity index (χ4n) is 3.01. The van der Waals surface area contributed by atoms with E-state index >= 15 is 0 Å². The maximum Gasteiger partial charge on any atom is 0.0625 e. The maximum atomic E-state index is 5.94. The highest BCUT2D eigenvalue weighted by Gasteiger charge is 2.27. The van der Waals surface area contributed by atoms with E-state index in [2.05, 4.69) is 29.9 Å². The molecule has 102 valence electrons. The Hall–Kier alpha value is -0.870. The Morgan fingerprint density at radius 1 is 1.50 bits per heavy atom. The third-order valence-electron chi connectivity index (χ3n) is 4.23. The summed E-state index contributed by atoms with van der Waals surface area (Å²) in [7, 11) is 2.04. The van der Waals surface area contributed by atoms with E-state index in [1.54, 1.807) is 0 Å². The first-order valence-corrected chi connectivity index (χ1v) is 7.11. The van der Waals surface area contributed by atoms with Crippen LogP contribution in [0, 0.1) is 5.92 Å². The third kappa shape index (κ3) is 2.75. The second-order valence-electron chi connectivity index (χ2n) is 5.50. The summed E-state index contributed by atoms with van der Waals surface area (Å²) in [5.74, 6) is 0.711. The lowest BCUT2D eigenvalue weighted by molar-refractivity contribution is 0.0965. The number of piperidine rings is 1. The summed E-state index contributed by atoms with van der Waals surface area (Å²) in [6, 6.07) is 2.76. The summed E-state index contributed by atoms with van der Waals surface area (Å²) in [5.41, 5.74) is 8.43. The molecule has 2 atom stereocenters. The van der Waals surface area contributed by atoms with Crippen LogP contribution in [-0.2, 0) is 20.0 Å². The van der Waals surface area contributed by atoms with Crippen LogP contribution in [0.25, 0.3) is 0 Å². The van der Waals surface area contributed by atoms with Crippen LogP contribution in [0.5, 0.6) is 0 Å². The molecule has 0 bridgehead atoms. The minimum absolute atomic E-state index is 0.527. The van der Waals surface area contributed by atoms with Crippen molar-refractivity contribution in [2.75, 3.05) is 13.1 Å². The first kappa shape index (κ1) is 13.6. The van der Waals surface area contributed by atoms with Gasteiger partial charge in [0.1, 0.15) is 0 Å². The normalized spacial score (nSPS) is 25.6. The molecule has 1 aliphatic rings. The largest absolute Gasteiger partial charge is 0.329 e. The molecular formula is C14H26N4. The molecule has 0 spiro atoms. The van der Waals surface area contributed by atoms with Crippen molar-refractivity contribution >= 4 is 0 Å². The molecular weight excluding hydrogens is 224 g/mol. The smallest absolute Gasteiger partial charge is 0.0625 e. The van der Waals surface area contributed by atoms with Gasteiger partial charge in [-0.25, -0.2) is 0 Å². The van der Waals surface area contributed by atoms with E-state index in [0.717, 1.165) is 19.5 Å². The Labute approximate surface area is 110 Å². The monoisotopic (exact) mass is 250 g/mol. The number of aryl methyl sites for hydroxylation is 2. The van der Waals surface area contributed by atoms with Crippen molar-refractivity contribution in [1.29, 1.82) is 0 Å². The summed E-state index contributed by atoms with van der Waals surface area (Å²) in [4.78, 5) is 2.53. The number of likely N-dealkylation sites (tertiary alicyclic amines) is 1. The number of aromatic nitrogens is 2. The second-order valence-corrected chi connectivity index (χ2v) is 5.50. The van der Waals surface area contributed by atoms with Gasteiger partial charge in [-0.05, 0) is 37.8 Å². The molecule has 18 heavy (non-hydrogen) atoms. The zero-order chi connectivity index (χ0) is 13.1. The van der Waals surface area contributed by atoms with Gasteiger partial charge in [0.25, 0.3) is 0 Å². The van der Waals surface area contributed by atoms with Crippen LogP contribution in [0.1, 0.15) is 38.1 Å². The Balaban J connectivity index is 2.08. The zero-order valence-electron chi connectivity index (χ0n) is 11.9. The molecule has 1 aliphatic heterocycles. The third-order valence-corrected chi connectivity index (χ3v) is 4.23. The molecule has 0 aliphatic carbocycles. The lowest BCUT2D eigenvalue weighted by atomic mass is 9.90. The van der Waals surface area contributed by atoms with Crippen LogP contribution in [0.3, 0.4) is 0 Å². The van der Waals surface area contributed by atoms with E-state index in [9.17, 15) is 0 Å². The molecule has 2 N–H and O–H groups in total. The van der Waals surface area contributed by atoms with E-state index in [0.29, 0.717) is 12.0 Å². The zero-order valence-corrected chi connectivity index (χ0v) is 11.9. The molecule has 0 amide bonds. The van der Waals surface area contributed by atoms with Crippen molar-refractivity contribution < 1.29 is 0 Å². The first-order valence-electron chi connectivity index (χ1n) is 7.11. The van der Waals surface area contributed by atoms with Crippen molar-refractivity contribution in [3.05, 3.63) is 17.5 Å². The SMILES string of the molecule is CCc1cc(CN2CCCC(C)C2CN)n(C)n1. The van der Waals surface area contributed by atoms with E-state index in [1.807, 2.05) is 11.7 Å². The minimum atomic E-state index is 0.527. The van der Waals surface area contributed by atoms with E-state index < -0.39 is 0 Å². The molecule has 4 heteroatoms. The molecule has 4 nitrogen and oxygen atoms in total. The highest BCUT2D eigenvalue weighted by Crippen LogP contribution is 2.24. The summed E-state index contributed by atoms with van der Waals surface area (Å²) in [6.45, 7) is 7.39. The maximum absolute atomic E-state index is 5.94. The van der Waals surface area contributed by atoms with Crippen molar-refractivity contribution in [3.8, 4) is 0 Å². The number of nitrogens with zero attached hydrogens (tertiary/aromatic N) is 3. The lowest BCUT2D eigenvalue weighted by Crippen LogP contribution is -2.48. The fourth-order valence-corrected chi connectivity index (χ4v) is 3.01.